The quantitative estimate of drug-likeness (QED) is 0.735. The molecule has 0 spiro atoms. The van der Waals surface area contributed by atoms with Gasteiger partial charge in [-0.1, -0.05) is 26.7 Å². The highest BCUT2D eigenvalue weighted by Crippen LogP contribution is 2.22. The summed E-state index contributed by atoms with van der Waals surface area (Å²) >= 11 is 1.36. The molecule has 0 aliphatic rings. The Morgan fingerprint density at radius 3 is 2.53 bits per heavy atom. The highest BCUT2D eigenvalue weighted by Gasteiger charge is 2.17. The maximum absolute atomic E-state index is 12.1. The Balaban J connectivity index is 2.64. The Labute approximate surface area is 120 Å². The van der Waals surface area contributed by atoms with E-state index in [0.717, 1.165) is 30.7 Å². The van der Waals surface area contributed by atoms with Gasteiger partial charge in [0.1, 0.15) is 4.21 Å². The number of hydrogen-bond donors (Lipinski definition) is 2. The van der Waals surface area contributed by atoms with Crippen molar-refractivity contribution in [2.45, 2.75) is 37.3 Å². The average Bonchev–Trinajstić information content (AvgIpc) is 2.87. The molecule has 0 fully saturated rings. The molecule has 4 nitrogen and oxygen atoms in total. The molecule has 1 aromatic rings. The molecule has 110 valence electrons. The van der Waals surface area contributed by atoms with Gasteiger partial charge in [0.05, 0.1) is 0 Å². The lowest BCUT2D eigenvalue weighted by atomic mass is 10.0. The molecule has 6 heteroatoms. The van der Waals surface area contributed by atoms with Crippen LogP contribution < -0.4 is 10.0 Å². The number of hydrogen-bond acceptors (Lipinski definition) is 4. The van der Waals surface area contributed by atoms with Gasteiger partial charge in [-0.15, -0.1) is 11.3 Å². The average molecular weight is 304 g/mol. The number of nitrogens with one attached hydrogen (secondary N) is 2. The van der Waals surface area contributed by atoms with E-state index < -0.39 is 10.0 Å². The van der Waals surface area contributed by atoms with E-state index in [1.165, 1.54) is 11.3 Å². The normalized spacial score (nSPS) is 12.2. The van der Waals surface area contributed by atoms with Crippen molar-refractivity contribution in [2.24, 2.45) is 5.92 Å². The summed E-state index contributed by atoms with van der Waals surface area (Å²) < 4.78 is 27.4. The van der Waals surface area contributed by atoms with E-state index in [2.05, 4.69) is 23.9 Å². The monoisotopic (exact) mass is 304 g/mol. The Morgan fingerprint density at radius 2 is 1.95 bits per heavy atom. The van der Waals surface area contributed by atoms with Gasteiger partial charge < -0.3 is 5.32 Å². The molecule has 2 N–H and O–H groups in total. The van der Waals surface area contributed by atoms with Crippen LogP contribution in [0.15, 0.2) is 16.3 Å². The van der Waals surface area contributed by atoms with E-state index in [1.807, 2.05) is 13.1 Å². The third-order valence-corrected chi connectivity index (χ3v) is 6.30. The third kappa shape index (κ3) is 5.22. The first-order valence-corrected chi connectivity index (χ1v) is 9.06. The van der Waals surface area contributed by atoms with E-state index >= 15 is 0 Å². The van der Waals surface area contributed by atoms with Crippen molar-refractivity contribution in [3.63, 3.8) is 0 Å². The highest BCUT2D eigenvalue weighted by molar-refractivity contribution is 7.91. The van der Waals surface area contributed by atoms with Crippen LogP contribution in [0.5, 0.6) is 0 Å². The number of thiophene rings is 1. The molecule has 0 amide bonds. The predicted octanol–water partition coefficient (Wildman–Crippen LogP) is 2.22. The molecule has 0 aliphatic heterocycles. The molecule has 0 radical (unpaired) electrons. The number of likely N-dealkylation sites (N-methyl/N-ethyl adjacent to an activating group) is 1. The maximum atomic E-state index is 12.1. The van der Waals surface area contributed by atoms with E-state index in [9.17, 15) is 8.42 Å². The molecule has 0 unspecified atom stereocenters. The van der Waals surface area contributed by atoms with Crippen LogP contribution in [-0.4, -0.2) is 28.6 Å². The molecule has 0 saturated carbocycles. The SMILES string of the molecule is CCC(CC)CNS(=O)(=O)c1ccc(CCNC)s1. The topological polar surface area (TPSA) is 58.2 Å². The second-order valence-corrected chi connectivity index (χ2v) is 7.77. The van der Waals surface area contributed by atoms with Crippen LogP contribution in [0.25, 0.3) is 0 Å². The summed E-state index contributed by atoms with van der Waals surface area (Å²) in [7, 11) is -1.44. The van der Waals surface area contributed by atoms with Crippen LogP contribution in [0.2, 0.25) is 0 Å². The lowest BCUT2D eigenvalue weighted by Crippen LogP contribution is -2.28. The third-order valence-electron chi connectivity index (χ3n) is 3.24. The van der Waals surface area contributed by atoms with Gasteiger partial charge in [0.15, 0.2) is 0 Å². The molecule has 0 bridgehead atoms. The number of rotatable bonds is 9. The summed E-state index contributed by atoms with van der Waals surface area (Å²) in [6, 6.07) is 3.60. The van der Waals surface area contributed by atoms with E-state index in [-0.39, 0.29) is 0 Å². The van der Waals surface area contributed by atoms with Crippen LogP contribution in [0.1, 0.15) is 31.6 Å². The van der Waals surface area contributed by atoms with E-state index in [4.69, 9.17) is 0 Å². The minimum atomic E-state index is -3.33. The van der Waals surface area contributed by atoms with Gasteiger partial charge in [-0.2, -0.15) is 0 Å². The zero-order chi connectivity index (χ0) is 14.3. The minimum absolute atomic E-state index is 0.415. The maximum Gasteiger partial charge on any atom is 0.250 e. The number of sulfonamides is 1. The van der Waals surface area contributed by atoms with Gasteiger partial charge in [0, 0.05) is 11.4 Å². The van der Waals surface area contributed by atoms with Crippen LogP contribution in [0.4, 0.5) is 0 Å². The van der Waals surface area contributed by atoms with E-state index in [1.54, 1.807) is 6.07 Å². The lowest BCUT2D eigenvalue weighted by Gasteiger charge is -2.12. The van der Waals surface area contributed by atoms with Crippen molar-refractivity contribution in [3.05, 3.63) is 17.0 Å². The van der Waals surface area contributed by atoms with Crippen LogP contribution in [-0.2, 0) is 16.4 Å². The van der Waals surface area contributed by atoms with Crippen LogP contribution in [0.3, 0.4) is 0 Å². The first-order chi connectivity index (χ1) is 9.03. The summed E-state index contributed by atoms with van der Waals surface area (Å²) in [5.74, 6) is 0.415. The smallest absolute Gasteiger partial charge is 0.250 e. The second kappa shape index (κ2) is 7.99. The van der Waals surface area contributed by atoms with Crippen molar-refractivity contribution in [3.8, 4) is 0 Å². The van der Waals surface area contributed by atoms with Crippen molar-refractivity contribution in [1.29, 1.82) is 0 Å². The molecular weight excluding hydrogens is 280 g/mol. The van der Waals surface area contributed by atoms with E-state index in [0.29, 0.717) is 16.7 Å². The van der Waals surface area contributed by atoms with Crippen LogP contribution in [0, 0.1) is 5.92 Å². The van der Waals surface area contributed by atoms with Gasteiger partial charge in [-0.25, -0.2) is 13.1 Å². The Morgan fingerprint density at radius 1 is 1.26 bits per heavy atom. The molecule has 1 heterocycles. The van der Waals surface area contributed by atoms with Crippen LogP contribution >= 0.6 is 11.3 Å². The van der Waals surface area contributed by atoms with Crippen molar-refractivity contribution in [1.82, 2.24) is 10.0 Å². The second-order valence-electron chi connectivity index (χ2n) is 4.61. The Bertz CT molecular complexity index is 465. The van der Waals surface area contributed by atoms with Crippen molar-refractivity contribution >= 4 is 21.4 Å². The molecule has 19 heavy (non-hydrogen) atoms. The molecule has 0 aliphatic carbocycles. The van der Waals surface area contributed by atoms with Gasteiger partial charge in [0.25, 0.3) is 0 Å². The predicted molar refractivity (Wildman–Crippen MR) is 81.2 cm³/mol. The molecule has 0 atom stereocenters. The zero-order valence-electron chi connectivity index (χ0n) is 11.9. The lowest BCUT2D eigenvalue weighted by molar-refractivity contribution is 0.479. The fraction of sp³-hybridized carbons (Fsp3) is 0.692. The highest BCUT2D eigenvalue weighted by atomic mass is 32.2. The fourth-order valence-electron chi connectivity index (χ4n) is 1.76. The Kier molecular flexibility index (Phi) is 6.99. The summed E-state index contributed by atoms with van der Waals surface area (Å²) in [4.78, 5) is 1.09. The zero-order valence-corrected chi connectivity index (χ0v) is 13.5. The molecule has 0 saturated heterocycles. The minimum Gasteiger partial charge on any atom is -0.319 e. The fourth-order valence-corrected chi connectivity index (χ4v) is 4.28. The van der Waals surface area contributed by atoms with Gasteiger partial charge in [-0.05, 0) is 38.1 Å². The molecular formula is C13H24N2O2S2. The molecule has 1 rings (SSSR count). The summed E-state index contributed by atoms with van der Waals surface area (Å²) in [6.45, 7) is 5.56. The summed E-state index contributed by atoms with van der Waals surface area (Å²) in [6.07, 6.45) is 2.86. The summed E-state index contributed by atoms with van der Waals surface area (Å²) in [5.41, 5.74) is 0. The van der Waals surface area contributed by atoms with Gasteiger partial charge >= 0.3 is 0 Å². The first kappa shape index (κ1) is 16.6. The summed E-state index contributed by atoms with van der Waals surface area (Å²) in [5, 5.41) is 3.06. The standard InChI is InChI=1S/C13H24N2O2S2/c1-4-11(5-2)10-15-19(16,17)13-7-6-12(18-13)8-9-14-3/h6-7,11,14-15H,4-5,8-10H2,1-3H3. The Hall–Kier alpha value is -0.430. The first-order valence-electron chi connectivity index (χ1n) is 6.76. The van der Waals surface area contributed by atoms with Crippen molar-refractivity contribution < 1.29 is 8.42 Å². The molecule has 0 aromatic carbocycles. The van der Waals surface area contributed by atoms with Gasteiger partial charge in [0.2, 0.25) is 10.0 Å². The van der Waals surface area contributed by atoms with Gasteiger partial charge in [-0.3, -0.25) is 0 Å². The van der Waals surface area contributed by atoms with Crippen molar-refractivity contribution in [2.75, 3.05) is 20.1 Å². The largest absolute Gasteiger partial charge is 0.319 e. The molecule has 1 aromatic heterocycles.